The van der Waals surface area contributed by atoms with Gasteiger partial charge in [0.25, 0.3) is 5.91 Å². The Hall–Kier alpha value is -3.42. The molecule has 0 fully saturated rings. The van der Waals surface area contributed by atoms with E-state index in [9.17, 15) is 27.5 Å². The number of halogens is 4. The van der Waals surface area contributed by atoms with Crippen molar-refractivity contribution in [3.05, 3.63) is 77.1 Å². The van der Waals surface area contributed by atoms with Crippen LogP contribution in [0, 0.1) is 5.82 Å². The molecule has 8 heteroatoms. The lowest BCUT2D eigenvalue weighted by atomic mass is 10.1. The van der Waals surface area contributed by atoms with Crippen LogP contribution in [0.5, 0.6) is 5.75 Å². The third kappa shape index (κ3) is 3.89. The summed E-state index contributed by atoms with van der Waals surface area (Å²) in [7, 11) is 0. The Morgan fingerprint density at radius 1 is 1.04 bits per heavy atom. The van der Waals surface area contributed by atoms with Gasteiger partial charge in [-0.2, -0.15) is 18.3 Å². The van der Waals surface area contributed by atoms with Gasteiger partial charge >= 0.3 is 6.18 Å². The molecule has 2 N–H and O–H groups in total. The van der Waals surface area contributed by atoms with E-state index in [4.69, 9.17) is 0 Å². The summed E-state index contributed by atoms with van der Waals surface area (Å²) in [5.74, 6) is -2.56. The first kappa shape index (κ1) is 18.4. The Labute approximate surface area is 150 Å². The summed E-state index contributed by atoms with van der Waals surface area (Å²) in [6.45, 7) is 0. The minimum absolute atomic E-state index is 0.0737. The number of hydrogen-bond acceptors (Lipinski definition) is 3. The molecule has 3 aromatic carbocycles. The zero-order chi connectivity index (χ0) is 19.6. The second-order valence-electron chi connectivity index (χ2n) is 5.62. The molecule has 0 aromatic heterocycles. The number of phenols is 1. The highest BCUT2D eigenvalue weighted by atomic mass is 19.4. The monoisotopic (exact) mass is 376 g/mol. The fourth-order valence-electron chi connectivity index (χ4n) is 2.50. The molecule has 0 atom stereocenters. The number of alkyl halides is 3. The smallest absolute Gasteiger partial charge is 0.419 e. The van der Waals surface area contributed by atoms with Crippen LogP contribution in [-0.2, 0) is 6.18 Å². The van der Waals surface area contributed by atoms with Gasteiger partial charge in [-0.05, 0) is 29.0 Å². The largest absolute Gasteiger partial charge is 0.507 e. The molecule has 138 valence electrons. The number of aromatic hydroxyl groups is 1. The quantitative estimate of drug-likeness (QED) is 0.403. The molecule has 0 aliphatic heterocycles. The van der Waals surface area contributed by atoms with Crippen molar-refractivity contribution in [3.63, 3.8) is 0 Å². The number of hydrogen-bond donors (Lipinski definition) is 2. The normalized spacial score (nSPS) is 11.9. The number of carbonyl (C=O) groups is 1. The number of fused-ring (bicyclic) bond motifs is 1. The first-order chi connectivity index (χ1) is 12.8. The maximum absolute atomic E-state index is 13.9. The van der Waals surface area contributed by atoms with Crippen molar-refractivity contribution in [1.82, 2.24) is 5.43 Å². The molecule has 27 heavy (non-hydrogen) atoms. The topological polar surface area (TPSA) is 61.7 Å². The molecule has 1 amide bonds. The van der Waals surface area contributed by atoms with Gasteiger partial charge in [-0.15, -0.1) is 0 Å². The number of hydrazone groups is 1. The predicted molar refractivity (Wildman–Crippen MR) is 92.1 cm³/mol. The molecule has 0 radical (unpaired) electrons. The Bertz CT molecular complexity index is 1050. The highest BCUT2D eigenvalue weighted by Gasteiger charge is 2.34. The molecule has 0 saturated heterocycles. The first-order valence-corrected chi connectivity index (χ1v) is 7.68. The van der Waals surface area contributed by atoms with E-state index in [1.807, 2.05) is 0 Å². The second kappa shape index (κ2) is 7.06. The van der Waals surface area contributed by atoms with Crippen LogP contribution in [0.15, 0.2) is 59.7 Å². The van der Waals surface area contributed by atoms with Crippen LogP contribution in [0.1, 0.15) is 21.5 Å². The van der Waals surface area contributed by atoms with E-state index in [1.165, 1.54) is 12.1 Å². The lowest BCUT2D eigenvalue weighted by Gasteiger charge is -2.09. The lowest BCUT2D eigenvalue weighted by molar-refractivity contribution is -0.140. The van der Waals surface area contributed by atoms with Crippen LogP contribution in [0.4, 0.5) is 17.6 Å². The summed E-state index contributed by atoms with van der Waals surface area (Å²) >= 11 is 0. The second-order valence-corrected chi connectivity index (χ2v) is 5.62. The maximum atomic E-state index is 13.9. The van der Waals surface area contributed by atoms with Crippen molar-refractivity contribution in [2.75, 3.05) is 0 Å². The fraction of sp³-hybridized carbons (Fsp3) is 0.0526. The van der Waals surface area contributed by atoms with Crippen molar-refractivity contribution in [2.24, 2.45) is 5.10 Å². The van der Waals surface area contributed by atoms with Crippen LogP contribution in [0.25, 0.3) is 10.8 Å². The van der Waals surface area contributed by atoms with E-state index in [0.717, 1.165) is 23.7 Å². The van der Waals surface area contributed by atoms with Crippen LogP contribution in [0.3, 0.4) is 0 Å². The van der Waals surface area contributed by atoms with Gasteiger partial charge in [-0.3, -0.25) is 4.79 Å². The number of nitrogens with one attached hydrogen (secondary N) is 1. The molecule has 0 unspecified atom stereocenters. The van der Waals surface area contributed by atoms with Crippen LogP contribution in [-0.4, -0.2) is 17.2 Å². The third-order valence-corrected chi connectivity index (χ3v) is 3.81. The van der Waals surface area contributed by atoms with Gasteiger partial charge in [0.15, 0.2) is 0 Å². The fourth-order valence-corrected chi connectivity index (χ4v) is 2.50. The van der Waals surface area contributed by atoms with E-state index < -0.39 is 29.0 Å². The van der Waals surface area contributed by atoms with E-state index in [0.29, 0.717) is 11.5 Å². The molecule has 0 aliphatic rings. The Balaban J connectivity index is 1.81. The van der Waals surface area contributed by atoms with Crippen LogP contribution >= 0.6 is 0 Å². The SMILES string of the molecule is O=C(NN=Cc1cccc(C(F)(F)F)c1F)c1cc2ccccc2cc1O. The highest BCUT2D eigenvalue weighted by molar-refractivity contribution is 6.01. The third-order valence-electron chi connectivity index (χ3n) is 3.81. The van der Waals surface area contributed by atoms with E-state index >= 15 is 0 Å². The van der Waals surface area contributed by atoms with Gasteiger partial charge in [-0.1, -0.05) is 36.4 Å². The zero-order valence-electron chi connectivity index (χ0n) is 13.6. The predicted octanol–water partition coefficient (Wildman–Crippen LogP) is 4.47. The molecule has 4 nitrogen and oxygen atoms in total. The summed E-state index contributed by atoms with van der Waals surface area (Å²) in [5, 5.41) is 14.9. The number of amides is 1. The van der Waals surface area contributed by atoms with E-state index in [-0.39, 0.29) is 11.3 Å². The molecular weight excluding hydrogens is 364 g/mol. The molecule has 3 rings (SSSR count). The van der Waals surface area contributed by atoms with Gasteiger partial charge < -0.3 is 5.11 Å². The standard InChI is InChI=1S/C19H12F4N2O2/c20-17-13(6-3-7-15(17)19(21,22)23)10-24-25-18(27)14-8-11-4-1-2-5-12(11)9-16(14)26/h1-10,26H,(H,25,27). The van der Waals surface area contributed by atoms with Gasteiger partial charge in [0.1, 0.15) is 11.6 Å². The van der Waals surface area contributed by atoms with E-state index in [2.05, 4.69) is 10.5 Å². The van der Waals surface area contributed by atoms with Crippen molar-refractivity contribution < 1.29 is 27.5 Å². The van der Waals surface area contributed by atoms with Crippen molar-refractivity contribution in [2.45, 2.75) is 6.18 Å². The van der Waals surface area contributed by atoms with Crippen LogP contribution in [0.2, 0.25) is 0 Å². The lowest BCUT2D eigenvalue weighted by Crippen LogP contribution is -2.18. The summed E-state index contributed by atoms with van der Waals surface area (Å²) in [5.41, 5.74) is 0.124. The molecular formula is C19H12F4N2O2. The minimum Gasteiger partial charge on any atom is -0.507 e. The summed E-state index contributed by atoms with van der Waals surface area (Å²) < 4.78 is 52.0. The Morgan fingerprint density at radius 3 is 2.37 bits per heavy atom. The van der Waals surface area contributed by atoms with Gasteiger partial charge in [0.05, 0.1) is 17.3 Å². The summed E-state index contributed by atoms with van der Waals surface area (Å²) in [6.07, 6.45) is -4.07. The number of benzene rings is 3. The molecule has 0 saturated carbocycles. The molecule has 0 heterocycles. The molecule has 0 bridgehead atoms. The minimum atomic E-state index is -4.84. The Kier molecular flexibility index (Phi) is 4.81. The average Bonchev–Trinajstić information content (AvgIpc) is 2.61. The number of nitrogens with zero attached hydrogens (tertiary/aromatic N) is 1. The molecule has 0 spiro atoms. The molecule has 0 aliphatic carbocycles. The zero-order valence-corrected chi connectivity index (χ0v) is 13.6. The number of phenolic OH excluding ortho intramolecular Hbond substituents is 1. The maximum Gasteiger partial charge on any atom is 0.419 e. The van der Waals surface area contributed by atoms with Crippen molar-refractivity contribution in [1.29, 1.82) is 0 Å². The van der Waals surface area contributed by atoms with Crippen molar-refractivity contribution in [3.8, 4) is 5.75 Å². The summed E-state index contributed by atoms with van der Waals surface area (Å²) in [4.78, 5) is 12.2. The first-order valence-electron chi connectivity index (χ1n) is 7.68. The van der Waals surface area contributed by atoms with Crippen LogP contribution < -0.4 is 5.43 Å². The van der Waals surface area contributed by atoms with Crippen molar-refractivity contribution >= 4 is 22.9 Å². The van der Waals surface area contributed by atoms with E-state index in [1.54, 1.807) is 24.3 Å². The van der Waals surface area contributed by atoms with Gasteiger partial charge in [0, 0.05) is 5.56 Å². The Morgan fingerprint density at radius 2 is 1.70 bits per heavy atom. The van der Waals surface area contributed by atoms with Gasteiger partial charge in [-0.25, -0.2) is 9.82 Å². The number of carbonyl (C=O) groups excluding carboxylic acids is 1. The molecule has 3 aromatic rings. The average molecular weight is 376 g/mol. The summed E-state index contributed by atoms with van der Waals surface area (Å²) in [6, 6.07) is 12.6. The van der Waals surface area contributed by atoms with Gasteiger partial charge in [0.2, 0.25) is 0 Å². The number of rotatable bonds is 3. The highest BCUT2D eigenvalue weighted by Crippen LogP contribution is 2.32.